The number of Topliss-reactive ketones (excluding diaryl/α,β-unsaturated/α-hetero) is 1. The van der Waals surface area contributed by atoms with Crippen LogP contribution in [0.25, 0.3) is 0 Å². The van der Waals surface area contributed by atoms with E-state index in [2.05, 4.69) is 11.9 Å². The van der Waals surface area contributed by atoms with Crippen LogP contribution in [0.1, 0.15) is 25.7 Å². The summed E-state index contributed by atoms with van der Waals surface area (Å²) < 4.78 is 5.72. The van der Waals surface area contributed by atoms with E-state index >= 15 is 0 Å². The minimum Gasteiger partial charge on any atom is -0.494 e. The highest BCUT2D eigenvalue weighted by Crippen LogP contribution is 2.44. The Balaban J connectivity index is 1.42. The van der Waals surface area contributed by atoms with Gasteiger partial charge in [0.2, 0.25) is 0 Å². The molecule has 108 valence electrons. The molecule has 2 aliphatic carbocycles. The third kappa shape index (κ3) is 2.73. The van der Waals surface area contributed by atoms with Crippen LogP contribution in [0, 0.1) is 11.8 Å². The SMILES string of the molecule is CN(CCCOc1ccccc1)[C@H]1C2CC[C@@H]1C(=O)C2. The number of ether oxygens (including phenoxy) is 1. The standard InChI is InChI=1S/C17H23NO2/c1-18(17-13-8-9-15(17)16(19)12-13)10-5-11-20-14-6-3-2-4-7-14/h2-4,6-7,13,15,17H,5,8-12H2,1H3/t13?,15-,17+/m1/s1. The Hall–Kier alpha value is -1.35. The van der Waals surface area contributed by atoms with Gasteiger partial charge in [0.05, 0.1) is 6.61 Å². The second-order valence-electron chi connectivity index (χ2n) is 6.10. The maximum absolute atomic E-state index is 11.8. The highest BCUT2D eigenvalue weighted by atomic mass is 16.5. The van der Waals surface area contributed by atoms with Crippen LogP contribution in [0.3, 0.4) is 0 Å². The smallest absolute Gasteiger partial charge is 0.137 e. The van der Waals surface area contributed by atoms with Crippen LogP contribution in [-0.2, 0) is 4.79 Å². The summed E-state index contributed by atoms with van der Waals surface area (Å²) in [6, 6.07) is 10.4. The van der Waals surface area contributed by atoms with E-state index in [-0.39, 0.29) is 0 Å². The van der Waals surface area contributed by atoms with E-state index in [0.717, 1.165) is 38.2 Å². The Morgan fingerprint density at radius 3 is 2.70 bits per heavy atom. The summed E-state index contributed by atoms with van der Waals surface area (Å²) in [6.07, 6.45) is 4.18. The predicted octanol–water partition coefficient (Wildman–Crippen LogP) is 2.75. The first-order valence-electron chi connectivity index (χ1n) is 7.66. The van der Waals surface area contributed by atoms with Crippen molar-refractivity contribution in [1.29, 1.82) is 0 Å². The van der Waals surface area contributed by atoms with Crippen LogP contribution in [0.15, 0.2) is 30.3 Å². The predicted molar refractivity (Wildman–Crippen MR) is 78.8 cm³/mol. The first-order valence-corrected chi connectivity index (χ1v) is 7.66. The van der Waals surface area contributed by atoms with Gasteiger partial charge in [0.15, 0.2) is 0 Å². The number of rotatable bonds is 6. The van der Waals surface area contributed by atoms with E-state index in [1.54, 1.807) is 0 Å². The van der Waals surface area contributed by atoms with E-state index < -0.39 is 0 Å². The number of benzene rings is 1. The Labute approximate surface area is 120 Å². The molecule has 2 saturated carbocycles. The molecule has 0 saturated heterocycles. The molecule has 0 radical (unpaired) electrons. The molecule has 2 aliphatic rings. The fourth-order valence-corrected chi connectivity index (χ4v) is 3.88. The maximum Gasteiger partial charge on any atom is 0.137 e. The van der Waals surface area contributed by atoms with E-state index in [4.69, 9.17) is 4.74 Å². The summed E-state index contributed by atoms with van der Waals surface area (Å²) in [5, 5.41) is 0. The van der Waals surface area contributed by atoms with Gasteiger partial charge < -0.3 is 9.64 Å². The summed E-state index contributed by atoms with van der Waals surface area (Å²) in [5.41, 5.74) is 0. The maximum atomic E-state index is 11.8. The Bertz CT molecular complexity index is 459. The monoisotopic (exact) mass is 273 g/mol. The number of hydrogen-bond donors (Lipinski definition) is 0. The molecule has 1 aromatic carbocycles. The van der Waals surface area contributed by atoms with Crippen LogP contribution in [0.5, 0.6) is 5.75 Å². The lowest BCUT2D eigenvalue weighted by molar-refractivity contribution is -0.122. The van der Waals surface area contributed by atoms with Gasteiger partial charge in [0, 0.05) is 24.9 Å². The lowest BCUT2D eigenvalue weighted by Crippen LogP contribution is -2.37. The highest BCUT2D eigenvalue weighted by Gasteiger charge is 2.48. The van der Waals surface area contributed by atoms with E-state index in [9.17, 15) is 4.79 Å². The van der Waals surface area contributed by atoms with Crippen LogP contribution >= 0.6 is 0 Å². The molecule has 0 aromatic heterocycles. The average molecular weight is 273 g/mol. The first kappa shape index (κ1) is 13.6. The molecule has 0 amide bonds. The number of fused-ring (bicyclic) bond motifs is 2. The molecular weight excluding hydrogens is 250 g/mol. The van der Waals surface area contributed by atoms with Crippen molar-refractivity contribution in [2.45, 2.75) is 31.7 Å². The summed E-state index contributed by atoms with van der Waals surface area (Å²) in [6.45, 7) is 1.75. The number of nitrogens with zero attached hydrogens (tertiary/aromatic N) is 1. The van der Waals surface area contributed by atoms with Gasteiger partial charge in [-0.15, -0.1) is 0 Å². The van der Waals surface area contributed by atoms with Crippen molar-refractivity contribution in [3.05, 3.63) is 30.3 Å². The van der Waals surface area contributed by atoms with Crippen molar-refractivity contribution in [3.63, 3.8) is 0 Å². The van der Waals surface area contributed by atoms with Crippen LogP contribution in [-0.4, -0.2) is 36.9 Å². The molecule has 0 heterocycles. The lowest BCUT2D eigenvalue weighted by atomic mass is 10.00. The second kappa shape index (κ2) is 5.96. The van der Waals surface area contributed by atoms with Gasteiger partial charge in [-0.2, -0.15) is 0 Å². The summed E-state index contributed by atoms with van der Waals surface area (Å²) in [4.78, 5) is 14.2. The Morgan fingerprint density at radius 2 is 2.05 bits per heavy atom. The molecular formula is C17H23NO2. The quantitative estimate of drug-likeness (QED) is 0.746. The van der Waals surface area contributed by atoms with Crippen molar-refractivity contribution in [2.75, 3.05) is 20.2 Å². The van der Waals surface area contributed by atoms with E-state index in [1.807, 2.05) is 30.3 Å². The van der Waals surface area contributed by atoms with Gasteiger partial charge in [-0.3, -0.25) is 4.79 Å². The molecule has 3 heteroatoms. The van der Waals surface area contributed by atoms with Gasteiger partial charge in [0.25, 0.3) is 0 Å². The molecule has 1 aromatic rings. The Kier molecular flexibility index (Phi) is 4.06. The number of carbonyl (C=O) groups excluding carboxylic acids is 1. The molecule has 1 unspecified atom stereocenters. The van der Waals surface area contributed by atoms with Gasteiger partial charge in [-0.05, 0) is 44.4 Å². The fourth-order valence-electron chi connectivity index (χ4n) is 3.88. The third-order valence-electron chi connectivity index (χ3n) is 4.80. The third-order valence-corrected chi connectivity index (χ3v) is 4.80. The zero-order chi connectivity index (χ0) is 13.9. The van der Waals surface area contributed by atoms with Gasteiger partial charge in [-0.1, -0.05) is 18.2 Å². The van der Waals surface area contributed by atoms with Crippen LogP contribution < -0.4 is 4.74 Å². The minimum absolute atomic E-state index is 0.319. The normalized spacial score (nSPS) is 28.3. The molecule has 0 N–H and O–H groups in total. The average Bonchev–Trinajstić information content (AvgIpc) is 3.01. The fraction of sp³-hybridized carbons (Fsp3) is 0.588. The summed E-state index contributed by atoms with van der Waals surface area (Å²) in [5.74, 6) is 2.37. The number of ketones is 1. The zero-order valence-corrected chi connectivity index (χ0v) is 12.1. The molecule has 2 bridgehead atoms. The Morgan fingerprint density at radius 1 is 1.25 bits per heavy atom. The number of hydrogen-bond acceptors (Lipinski definition) is 3. The van der Waals surface area contributed by atoms with Crippen molar-refractivity contribution in [3.8, 4) is 5.75 Å². The van der Waals surface area contributed by atoms with E-state index in [0.29, 0.717) is 23.7 Å². The van der Waals surface area contributed by atoms with Crippen molar-refractivity contribution < 1.29 is 9.53 Å². The molecule has 3 nitrogen and oxygen atoms in total. The van der Waals surface area contributed by atoms with Gasteiger partial charge >= 0.3 is 0 Å². The lowest BCUT2D eigenvalue weighted by Gasteiger charge is -2.27. The molecule has 2 fully saturated rings. The van der Waals surface area contributed by atoms with Crippen molar-refractivity contribution in [2.24, 2.45) is 11.8 Å². The van der Waals surface area contributed by atoms with Gasteiger partial charge in [0.1, 0.15) is 11.5 Å². The number of carbonyl (C=O) groups is 1. The van der Waals surface area contributed by atoms with Crippen molar-refractivity contribution in [1.82, 2.24) is 4.90 Å². The topological polar surface area (TPSA) is 29.5 Å². The largest absolute Gasteiger partial charge is 0.494 e. The molecule has 0 aliphatic heterocycles. The minimum atomic E-state index is 0.319. The second-order valence-corrected chi connectivity index (χ2v) is 6.10. The summed E-state index contributed by atoms with van der Waals surface area (Å²) >= 11 is 0. The number of para-hydroxylation sites is 1. The first-order chi connectivity index (χ1) is 9.75. The summed E-state index contributed by atoms with van der Waals surface area (Å²) in [7, 11) is 2.16. The van der Waals surface area contributed by atoms with Crippen molar-refractivity contribution >= 4 is 5.78 Å². The van der Waals surface area contributed by atoms with Crippen LogP contribution in [0.4, 0.5) is 0 Å². The molecule has 3 rings (SSSR count). The van der Waals surface area contributed by atoms with E-state index in [1.165, 1.54) is 6.42 Å². The van der Waals surface area contributed by atoms with Gasteiger partial charge in [-0.25, -0.2) is 0 Å². The van der Waals surface area contributed by atoms with Crippen LogP contribution in [0.2, 0.25) is 0 Å². The highest BCUT2D eigenvalue weighted by molar-refractivity contribution is 5.85. The molecule has 20 heavy (non-hydrogen) atoms. The molecule has 0 spiro atoms. The molecule has 3 atom stereocenters. The zero-order valence-electron chi connectivity index (χ0n) is 12.1.